The molecule has 1 aliphatic heterocycles. The minimum Gasteiger partial charge on any atom is -0.329 e. The maximum absolute atomic E-state index is 5.64. The maximum atomic E-state index is 5.64. The number of likely N-dealkylation sites (N-methyl/N-ethyl adjacent to an activating group) is 1. The number of hydrogen-bond acceptors (Lipinski definition) is 5. The zero-order valence-corrected chi connectivity index (χ0v) is 12.0. The lowest BCUT2D eigenvalue weighted by molar-refractivity contribution is 0.244. The van der Waals surface area contributed by atoms with Crippen molar-refractivity contribution in [2.45, 2.75) is 0 Å². The highest BCUT2D eigenvalue weighted by molar-refractivity contribution is 8.02. The molecule has 1 fully saturated rings. The Bertz CT molecular complexity index is 169. The van der Waals surface area contributed by atoms with E-state index in [0.29, 0.717) is 0 Å². The molecule has 0 spiro atoms. The second-order valence-electron chi connectivity index (χ2n) is 4.16. The van der Waals surface area contributed by atoms with E-state index in [-0.39, 0.29) is 0 Å². The Labute approximate surface area is 108 Å². The van der Waals surface area contributed by atoms with Crippen LogP contribution in [0.1, 0.15) is 0 Å². The minimum atomic E-state index is 0.782. The third-order valence-corrected chi connectivity index (χ3v) is 4.97. The van der Waals surface area contributed by atoms with E-state index in [1.165, 1.54) is 49.2 Å². The predicted octanol–water partition coefficient (Wildman–Crippen LogP) is 0.659. The molecule has 0 radical (unpaired) electrons. The molecule has 0 atom stereocenters. The number of hydrogen-bond donors (Lipinski definition) is 1. The fourth-order valence-electron chi connectivity index (χ4n) is 1.68. The van der Waals surface area contributed by atoms with Crippen molar-refractivity contribution >= 4 is 23.5 Å². The van der Waals surface area contributed by atoms with Gasteiger partial charge >= 0.3 is 0 Å². The Morgan fingerprint density at radius 2 is 1.62 bits per heavy atom. The van der Waals surface area contributed by atoms with Crippen molar-refractivity contribution in [3.63, 3.8) is 0 Å². The summed E-state index contributed by atoms with van der Waals surface area (Å²) >= 11 is 4.17. The molecule has 0 amide bonds. The fourth-order valence-corrected chi connectivity index (χ4v) is 3.86. The lowest BCUT2D eigenvalue weighted by Gasteiger charge is -2.25. The quantitative estimate of drug-likeness (QED) is 0.791. The number of rotatable bonds is 2. The smallest absolute Gasteiger partial charge is 0.0110 e. The van der Waals surface area contributed by atoms with Crippen molar-refractivity contribution in [3.8, 4) is 0 Å². The van der Waals surface area contributed by atoms with Crippen LogP contribution in [-0.4, -0.2) is 79.1 Å². The summed E-state index contributed by atoms with van der Waals surface area (Å²) in [6, 6.07) is 0. The van der Waals surface area contributed by atoms with Crippen LogP contribution in [0, 0.1) is 0 Å². The summed E-state index contributed by atoms with van der Waals surface area (Å²) in [5.74, 6) is 5.12. The molecule has 5 heteroatoms. The molecule has 0 aliphatic carbocycles. The molecule has 2 N–H and O–H groups in total. The Balaban J connectivity index is 2.29. The van der Waals surface area contributed by atoms with Crippen molar-refractivity contribution in [2.24, 2.45) is 5.73 Å². The van der Waals surface area contributed by atoms with Crippen LogP contribution >= 0.6 is 23.5 Å². The third-order valence-electron chi connectivity index (χ3n) is 2.78. The zero-order chi connectivity index (χ0) is 11.6. The summed E-state index contributed by atoms with van der Waals surface area (Å²) in [5.41, 5.74) is 5.64. The van der Waals surface area contributed by atoms with E-state index in [0.717, 1.165) is 13.1 Å². The fraction of sp³-hybridized carbons (Fsp3) is 1.00. The zero-order valence-electron chi connectivity index (χ0n) is 10.4. The molecular weight excluding hydrogens is 238 g/mol. The van der Waals surface area contributed by atoms with Crippen LogP contribution in [0.15, 0.2) is 0 Å². The van der Waals surface area contributed by atoms with Crippen LogP contribution < -0.4 is 5.73 Å². The molecule has 0 bridgehead atoms. The highest BCUT2D eigenvalue weighted by Crippen LogP contribution is 2.08. The van der Waals surface area contributed by atoms with Gasteiger partial charge in [0.05, 0.1) is 0 Å². The van der Waals surface area contributed by atoms with Gasteiger partial charge in [-0.15, -0.1) is 0 Å². The summed E-state index contributed by atoms with van der Waals surface area (Å²) in [7, 11) is 2.22. The second kappa shape index (κ2) is 9.59. The first-order valence-electron chi connectivity index (χ1n) is 6.09. The van der Waals surface area contributed by atoms with Gasteiger partial charge in [-0.3, -0.25) is 4.90 Å². The molecule has 96 valence electrons. The highest BCUT2D eigenvalue weighted by atomic mass is 32.2. The summed E-state index contributed by atoms with van der Waals surface area (Å²) < 4.78 is 0. The van der Waals surface area contributed by atoms with Crippen LogP contribution in [0.4, 0.5) is 0 Å². The first-order chi connectivity index (χ1) is 7.83. The Hall–Kier alpha value is 0.580. The van der Waals surface area contributed by atoms with Gasteiger partial charge in [0.2, 0.25) is 0 Å². The Morgan fingerprint density at radius 1 is 0.938 bits per heavy atom. The van der Waals surface area contributed by atoms with Crippen molar-refractivity contribution in [3.05, 3.63) is 0 Å². The molecule has 0 aromatic rings. The summed E-state index contributed by atoms with van der Waals surface area (Å²) in [6.45, 7) is 6.57. The van der Waals surface area contributed by atoms with E-state index in [4.69, 9.17) is 5.73 Å². The van der Waals surface area contributed by atoms with Gasteiger partial charge in [0.15, 0.2) is 0 Å². The standard InChI is InChI=1S/C11H25N3S2/c1-13-4-5-14(3-2-12)7-9-16-11-10-15-8-6-13/h2-12H2,1H3. The third kappa shape index (κ3) is 7.01. The van der Waals surface area contributed by atoms with E-state index >= 15 is 0 Å². The molecular formula is C11H25N3S2. The van der Waals surface area contributed by atoms with E-state index in [2.05, 4.69) is 40.4 Å². The molecule has 3 nitrogen and oxygen atoms in total. The SMILES string of the molecule is CN1CCSCCSCCN(CCN)CC1. The van der Waals surface area contributed by atoms with Crippen LogP contribution in [0.2, 0.25) is 0 Å². The summed E-state index contributed by atoms with van der Waals surface area (Å²) in [6.07, 6.45) is 0. The van der Waals surface area contributed by atoms with Crippen molar-refractivity contribution in [2.75, 3.05) is 69.3 Å². The largest absolute Gasteiger partial charge is 0.329 e. The molecule has 16 heavy (non-hydrogen) atoms. The lowest BCUT2D eigenvalue weighted by Crippen LogP contribution is -2.38. The minimum absolute atomic E-state index is 0.782. The van der Waals surface area contributed by atoms with E-state index < -0.39 is 0 Å². The van der Waals surface area contributed by atoms with Crippen LogP contribution in [-0.2, 0) is 0 Å². The number of thioether (sulfide) groups is 2. The van der Waals surface area contributed by atoms with Crippen LogP contribution in [0.5, 0.6) is 0 Å². The van der Waals surface area contributed by atoms with Gasteiger partial charge in [0.1, 0.15) is 0 Å². The lowest BCUT2D eigenvalue weighted by atomic mass is 10.4. The van der Waals surface area contributed by atoms with E-state index in [9.17, 15) is 0 Å². The first-order valence-corrected chi connectivity index (χ1v) is 8.40. The average molecular weight is 263 g/mol. The average Bonchev–Trinajstić information content (AvgIpc) is 2.27. The van der Waals surface area contributed by atoms with Gasteiger partial charge in [-0.25, -0.2) is 0 Å². The molecule has 1 aliphatic rings. The normalized spacial score (nSPS) is 23.6. The van der Waals surface area contributed by atoms with Gasteiger partial charge in [0.25, 0.3) is 0 Å². The molecule has 0 saturated carbocycles. The van der Waals surface area contributed by atoms with Gasteiger partial charge in [-0.2, -0.15) is 23.5 Å². The predicted molar refractivity (Wildman–Crippen MR) is 77.6 cm³/mol. The number of nitrogens with two attached hydrogens (primary N) is 1. The maximum Gasteiger partial charge on any atom is 0.0110 e. The Morgan fingerprint density at radius 3 is 2.31 bits per heavy atom. The molecule has 0 aromatic heterocycles. The van der Waals surface area contributed by atoms with Crippen molar-refractivity contribution in [1.29, 1.82) is 0 Å². The van der Waals surface area contributed by atoms with E-state index in [1.807, 2.05) is 0 Å². The van der Waals surface area contributed by atoms with Gasteiger partial charge in [-0.1, -0.05) is 0 Å². The van der Waals surface area contributed by atoms with Gasteiger partial charge < -0.3 is 10.6 Å². The Kier molecular flexibility index (Phi) is 8.78. The van der Waals surface area contributed by atoms with Gasteiger partial charge in [0, 0.05) is 62.3 Å². The summed E-state index contributed by atoms with van der Waals surface area (Å²) in [4.78, 5) is 4.93. The first kappa shape index (κ1) is 14.6. The monoisotopic (exact) mass is 263 g/mol. The van der Waals surface area contributed by atoms with Crippen LogP contribution in [0.25, 0.3) is 0 Å². The highest BCUT2D eigenvalue weighted by Gasteiger charge is 2.07. The van der Waals surface area contributed by atoms with E-state index in [1.54, 1.807) is 0 Å². The van der Waals surface area contributed by atoms with Crippen LogP contribution in [0.3, 0.4) is 0 Å². The molecule has 1 heterocycles. The number of nitrogens with zero attached hydrogens (tertiary/aromatic N) is 2. The molecule has 0 unspecified atom stereocenters. The topological polar surface area (TPSA) is 32.5 Å². The van der Waals surface area contributed by atoms with Gasteiger partial charge in [-0.05, 0) is 7.05 Å². The summed E-state index contributed by atoms with van der Waals surface area (Å²) in [5, 5.41) is 0. The molecule has 0 aromatic carbocycles. The molecule has 1 saturated heterocycles. The van der Waals surface area contributed by atoms with Crippen molar-refractivity contribution < 1.29 is 0 Å². The van der Waals surface area contributed by atoms with Crippen molar-refractivity contribution in [1.82, 2.24) is 9.80 Å². The molecule has 1 rings (SSSR count). The second-order valence-corrected chi connectivity index (χ2v) is 6.61.